The van der Waals surface area contributed by atoms with Gasteiger partial charge in [-0.05, 0) is 54.5 Å². The van der Waals surface area contributed by atoms with E-state index in [4.69, 9.17) is 23.5 Å². The van der Waals surface area contributed by atoms with Crippen molar-refractivity contribution in [2.24, 2.45) is 0 Å². The molecule has 0 atom stereocenters. The van der Waals surface area contributed by atoms with Crippen LogP contribution >= 0.6 is 0 Å². The SMILES string of the molecule is CC(C)(C)OC(=O)NCCOCCOc1ccccc1B1OC(C)(C)C(C)(C)O1. The Morgan fingerprint density at radius 2 is 1.66 bits per heavy atom. The highest BCUT2D eigenvalue weighted by Crippen LogP contribution is 2.37. The highest BCUT2D eigenvalue weighted by Gasteiger charge is 2.52. The van der Waals surface area contributed by atoms with E-state index in [2.05, 4.69) is 5.32 Å². The summed E-state index contributed by atoms with van der Waals surface area (Å²) in [4.78, 5) is 11.6. The zero-order chi connectivity index (χ0) is 21.7. The number of ether oxygens (including phenoxy) is 3. The second-order valence-electron chi connectivity index (χ2n) is 9.02. The summed E-state index contributed by atoms with van der Waals surface area (Å²) in [5.74, 6) is 0.710. The molecule has 0 unspecified atom stereocenters. The fourth-order valence-corrected chi connectivity index (χ4v) is 2.63. The molecule has 0 saturated carbocycles. The average molecular weight is 407 g/mol. The molecule has 1 aliphatic heterocycles. The number of alkyl carbamates (subject to hydrolysis) is 1. The first-order valence-electron chi connectivity index (χ1n) is 10.0. The Kier molecular flexibility index (Phi) is 7.59. The molecule has 1 fully saturated rings. The van der Waals surface area contributed by atoms with E-state index < -0.39 is 30.0 Å². The molecule has 1 aromatic carbocycles. The summed E-state index contributed by atoms with van der Waals surface area (Å²) in [5.41, 5.74) is -0.467. The summed E-state index contributed by atoms with van der Waals surface area (Å²) in [7, 11) is -0.477. The van der Waals surface area contributed by atoms with E-state index >= 15 is 0 Å². The molecule has 1 aliphatic rings. The first kappa shape index (κ1) is 23.5. The van der Waals surface area contributed by atoms with Gasteiger partial charge in [0.15, 0.2) is 0 Å². The van der Waals surface area contributed by atoms with Gasteiger partial charge in [-0.1, -0.05) is 18.2 Å². The van der Waals surface area contributed by atoms with Crippen LogP contribution in [0.3, 0.4) is 0 Å². The Labute approximate surface area is 174 Å². The van der Waals surface area contributed by atoms with Crippen molar-refractivity contribution >= 4 is 18.7 Å². The largest absolute Gasteiger partial charge is 0.498 e. The molecule has 7 nitrogen and oxygen atoms in total. The molecule has 0 radical (unpaired) electrons. The van der Waals surface area contributed by atoms with E-state index in [1.54, 1.807) is 0 Å². The third kappa shape index (κ3) is 6.91. The Bertz CT molecular complexity index is 670. The van der Waals surface area contributed by atoms with Gasteiger partial charge in [-0.3, -0.25) is 0 Å². The predicted octanol–water partition coefficient (Wildman–Crippen LogP) is 2.91. The highest BCUT2D eigenvalue weighted by molar-refractivity contribution is 6.63. The lowest BCUT2D eigenvalue weighted by molar-refractivity contribution is 0.00578. The summed E-state index contributed by atoms with van der Waals surface area (Å²) in [5, 5.41) is 2.65. The zero-order valence-corrected chi connectivity index (χ0v) is 18.7. The molecule has 8 heteroatoms. The molecule has 0 bridgehead atoms. The summed E-state index contributed by atoms with van der Waals surface area (Å²) < 4.78 is 28.8. The van der Waals surface area contributed by atoms with Gasteiger partial charge in [0.2, 0.25) is 0 Å². The van der Waals surface area contributed by atoms with Crippen LogP contribution in [0.5, 0.6) is 5.75 Å². The molecule has 2 rings (SSSR count). The molecule has 29 heavy (non-hydrogen) atoms. The van der Waals surface area contributed by atoms with E-state index in [1.807, 2.05) is 72.7 Å². The van der Waals surface area contributed by atoms with Gasteiger partial charge in [0, 0.05) is 12.0 Å². The monoisotopic (exact) mass is 407 g/mol. The Balaban J connectivity index is 1.74. The molecule has 1 saturated heterocycles. The summed E-state index contributed by atoms with van der Waals surface area (Å²) in [6, 6.07) is 7.69. The van der Waals surface area contributed by atoms with E-state index in [9.17, 15) is 4.79 Å². The van der Waals surface area contributed by atoms with Crippen LogP contribution in [0.1, 0.15) is 48.5 Å². The van der Waals surface area contributed by atoms with Crippen molar-refractivity contribution in [3.8, 4) is 5.75 Å². The maximum Gasteiger partial charge on any atom is 0.498 e. The maximum absolute atomic E-state index is 11.6. The van der Waals surface area contributed by atoms with Crippen LogP contribution in [0, 0.1) is 0 Å². The molecule has 0 aliphatic carbocycles. The zero-order valence-electron chi connectivity index (χ0n) is 18.7. The molecule has 1 N–H and O–H groups in total. The van der Waals surface area contributed by atoms with Crippen LogP contribution in [-0.2, 0) is 18.8 Å². The number of rotatable bonds is 8. The van der Waals surface area contributed by atoms with Crippen molar-refractivity contribution < 1.29 is 28.3 Å². The van der Waals surface area contributed by atoms with Crippen molar-refractivity contribution in [2.45, 2.75) is 65.3 Å². The number of carbonyl (C=O) groups is 1. The molecule has 1 amide bonds. The van der Waals surface area contributed by atoms with Crippen molar-refractivity contribution in [1.29, 1.82) is 0 Å². The molecular weight excluding hydrogens is 373 g/mol. The van der Waals surface area contributed by atoms with Gasteiger partial charge < -0.3 is 28.8 Å². The normalized spacial score (nSPS) is 17.8. The fraction of sp³-hybridized carbons (Fsp3) is 0.667. The van der Waals surface area contributed by atoms with E-state index in [-0.39, 0.29) is 0 Å². The van der Waals surface area contributed by atoms with E-state index in [1.165, 1.54) is 0 Å². The van der Waals surface area contributed by atoms with Crippen LogP contribution in [-0.4, -0.2) is 56.4 Å². The van der Waals surface area contributed by atoms with Gasteiger partial charge >= 0.3 is 13.2 Å². The maximum atomic E-state index is 11.6. The Hall–Kier alpha value is -1.77. The summed E-state index contributed by atoms with van der Waals surface area (Å²) >= 11 is 0. The van der Waals surface area contributed by atoms with Gasteiger partial charge in [-0.15, -0.1) is 0 Å². The standard InChI is InChI=1S/C21H34BNO6/c1-19(2,3)27-18(24)23-12-13-25-14-15-26-17-11-9-8-10-16(17)22-28-20(4,5)21(6,7)29-22/h8-11H,12-15H2,1-7H3,(H,23,24). The number of benzene rings is 1. The minimum absolute atomic E-state index is 0.374. The van der Waals surface area contributed by atoms with Crippen LogP contribution in [0.25, 0.3) is 0 Å². The van der Waals surface area contributed by atoms with Gasteiger partial charge in [-0.2, -0.15) is 0 Å². The minimum atomic E-state index is -0.511. The van der Waals surface area contributed by atoms with Crippen molar-refractivity contribution in [3.63, 3.8) is 0 Å². The van der Waals surface area contributed by atoms with Crippen LogP contribution in [0.4, 0.5) is 4.79 Å². The smallest absolute Gasteiger partial charge is 0.492 e. The number of hydrogen-bond donors (Lipinski definition) is 1. The van der Waals surface area contributed by atoms with Crippen LogP contribution < -0.4 is 15.5 Å². The minimum Gasteiger partial charge on any atom is -0.492 e. The Morgan fingerprint density at radius 1 is 1.03 bits per heavy atom. The molecule has 0 aromatic heterocycles. The number of para-hydroxylation sites is 1. The number of amides is 1. The highest BCUT2D eigenvalue weighted by atomic mass is 16.7. The predicted molar refractivity (Wildman–Crippen MR) is 113 cm³/mol. The number of hydrogen-bond acceptors (Lipinski definition) is 6. The lowest BCUT2D eigenvalue weighted by Gasteiger charge is -2.32. The third-order valence-electron chi connectivity index (χ3n) is 4.83. The van der Waals surface area contributed by atoms with Gasteiger partial charge in [0.25, 0.3) is 0 Å². The average Bonchev–Trinajstić information content (AvgIpc) is 2.80. The van der Waals surface area contributed by atoms with Crippen LogP contribution in [0.15, 0.2) is 24.3 Å². The quantitative estimate of drug-likeness (QED) is 0.528. The second-order valence-corrected chi connectivity index (χ2v) is 9.02. The van der Waals surface area contributed by atoms with E-state index in [0.29, 0.717) is 32.1 Å². The van der Waals surface area contributed by atoms with Crippen molar-refractivity contribution in [2.75, 3.05) is 26.4 Å². The topological polar surface area (TPSA) is 75.3 Å². The lowest BCUT2D eigenvalue weighted by Crippen LogP contribution is -2.41. The van der Waals surface area contributed by atoms with Gasteiger partial charge in [0.1, 0.15) is 18.0 Å². The number of carbonyl (C=O) groups excluding carboxylic acids is 1. The van der Waals surface area contributed by atoms with Crippen molar-refractivity contribution in [1.82, 2.24) is 5.32 Å². The molecule has 0 spiro atoms. The summed E-state index contributed by atoms with van der Waals surface area (Å²) in [6.45, 7) is 15.1. The molecular formula is C21H34BNO6. The van der Waals surface area contributed by atoms with Crippen LogP contribution in [0.2, 0.25) is 0 Å². The molecule has 1 aromatic rings. The van der Waals surface area contributed by atoms with Crippen molar-refractivity contribution in [3.05, 3.63) is 24.3 Å². The Morgan fingerprint density at radius 3 is 2.28 bits per heavy atom. The number of nitrogens with one attached hydrogen (secondary N) is 1. The second kappa shape index (κ2) is 9.37. The van der Waals surface area contributed by atoms with E-state index in [0.717, 1.165) is 5.46 Å². The summed E-state index contributed by atoms with van der Waals surface area (Å²) in [6.07, 6.45) is -0.450. The van der Waals surface area contributed by atoms with Gasteiger partial charge in [0.05, 0.1) is 24.4 Å². The first-order chi connectivity index (χ1) is 13.4. The third-order valence-corrected chi connectivity index (χ3v) is 4.83. The fourth-order valence-electron chi connectivity index (χ4n) is 2.63. The molecule has 1 heterocycles. The lowest BCUT2D eigenvalue weighted by atomic mass is 9.78. The molecule has 162 valence electrons. The first-order valence-corrected chi connectivity index (χ1v) is 10.0. The van der Waals surface area contributed by atoms with Gasteiger partial charge in [-0.25, -0.2) is 4.79 Å².